The number of nitrogens with zero attached hydrogens (tertiary/aromatic N) is 6. The topological polar surface area (TPSA) is 72.3 Å². The smallest absolute Gasteiger partial charge is 0.165 e. The summed E-state index contributed by atoms with van der Waals surface area (Å²) in [5.74, 6) is 1.56. The molecule has 0 fully saturated rings. The minimum absolute atomic E-state index is 0.451. The number of hydrogen-bond donors (Lipinski definition) is 0. The molecule has 0 bridgehead atoms. The van der Waals surface area contributed by atoms with Gasteiger partial charge in [0.1, 0.15) is 0 Å². The molecule has 6 nitrogen and oxygen atoms in total. The molecule has 0 aliphatic heterocycles. The van der Waals surface area contributed by atoms with E-state index in [0.717, 1.165) is 55.4 Å². The van der Waals surface area contributed by atoms with Gasteiger partial charge in [-0.3, -0.25) is 0 Å². The quantitative estimate of drug-likeness (QED) is 0.170. The molecule has 11 rings (SSSR count). The summed E-state index contributed by atoms with van der Waals surface area (Å²) >= 11 is 0. The van der Waals surface area contributed by atoms with Gasteiger partial charge >= 0.3 is 0 Å². The molecule has 0 saturated heterocycles. The highest BCUT2D eigenvalue weighted by Crippen LogP contribution is 2.37. The Balaban J connectivity index is 1.00. The van der Waals surface area contributed by atoms with E-state index in [1.807, 2.05) is 72.8 Å². The first-order valence-electron chi connectivity index (χ1n) is 19.3. The minimum atomic E-state index is 0.451. The van der Waals surface area contributed by atoms with E-state index in [1.54, 1.807) is 0 Å². The van der Waals surface area contributed by atoms with Crippen LogP contribution in [0, 0.1) is 11.3 Å². The molecular formula is C52H32N6. The van der Waals surface area contributed by atoms with Crippen LogP contribution in [0.15, 0.2) is 194 Å². The lowest BCUT2D eigenvalue weighted by molar-refractivity contribution is 1.07. The van der Waals surface area contributed by atoms with Gasteiger partial charge in [0.25, 0.3) is 0 Å². The van der Waals surface area contributed by atoms with Crippen molar-refractivity contribution < 1.29 is 0 Å². The maximum Gasteiger partial charge on any atom is 0.165 e. The van der Waals surface area contributed by atoms with E-state index in [2.05, 4.69) is 137 Å². The fraction of sp³-hybridized carbons (Fsp3) is 0. The van der Waals surface area contributed by atoms with Gasteiger partial charge < -0.3 is 9.13 Å². The molecule has 6 heteroatoms. The Morgan fingerprint density at radius 1 is 0.345 bits per heavy atom. The van der Waals surface area contributed by atoms with E-state index in [4.69, 9.17) is 15.0 Å². The average Bonchev–Trinajstić information content (AvgIpc) is 3.82. The average molecular weight is 741 g/mol. The SMILES string of the molecule is N#Cc1cc(-n2c3ccccc3c3cc(-c4ccc(-n5c6ccccc6c6ccccc65)cc4)ccc32)ccc1-c1nc(-c2ccccc2)nc(-c2ccccc2)n1. The molecule has 0 saturated carbocycles. The van der Waals surface area contributed by atoms with Crippen LogP contribution < -0.4 is 0 Å². The van der Waals surface area contributed by atoms with Gasteiger partial charge in [-0.2, -0.15) is 5.26 Å². The largest absolute Gasteiger partial charge is 0.309 e. The first-order valence-corrected chi connectivity index (χ1v) is 19.3. The van der Waals surface area contributed by atoms with Crippen molar-refractivity contribution in [3.8, 4) is 62.7 Å². The number of hydrogen-bond acceptors (Lipinski definition) is 4. The van der Waals surface area contributed by atoms with Crippen LogP contribution in [0.3, 0.4) is 0 Å². The second-order valence-electron chi connectivity index (χ2n) is 14.4. The summed E-state index contributed by atoms with van der Waals surface area (Å²) in [7, 11) is 0. The third-order valence-corrected chi connectivity index (χ3v) is 11.0. The zero-order valence-electron chi connectivity index (χ0n) is 31.2. The highest BCUT2D eigenvalue weighted by atomic mass is 15.0. The highest BCUT2D eigenvalue weighted by molar-refractivity contribution is 6.11. The van der Waals surface area contributed by atoms with Crippen LogP contribution in [0.1, 0.15) is 5.56 Å². The number of aromatic nitrogens is 5. The molecule has 270 valence electrons. The minimum Gasteiger partial charge on any atom is -0.309 e. The zero-order chi connectivity index (χ0) is 38.6. The predicted octanol–water partition coefficient (Wildman–Crippen LogP) is 12.6. The van der Waals surface area contributed by atoms with Crippen LogP contribution in [-0.2, 0) is 0 Å². The van der Waals surface area contributed by atoms with Crippen molar-refractivity contribution in [2.24, 2.45) is 0 Å². The van der Waals surface area contributed by atoms with Crippen LogP contribution in [0.25, 0.3) is 100 Å². The van der Waals surface area contributed by atoms with E-state index in [-0.39, 0.29) is 0 Å². The van der Waals surface area contributed by atoms with Crippen LogP contribution in [0.5, 0.6) is 0 Å². The Bertz CT molecular complexity index is 3280. The molecule has 0 aliphatic carbocycles. The van der Waals surface area contributed by atoms with E-state index < -0.39 is 0 Å². The lowest BCUT2D eigenvalue weighted by Gasteiger charge is -2.12. The molecular weight excluding hydrogens is 709 g/mol. The highest BCUT2D eigenvalue weighted by Gasteiger charge is 2.19. The summed E-state index contributed by atoms with van der Waals surface area (Å²) < 4.78 is 4.58. The molecule has 0 unspecified atom stereocenters. The first kappa shape index (κ1) is 33.2. The molecule has 0 radical (unpaired) electrons. The van der Waals surface area contributed by atoms with Crippen molar-refractivity contribution in [1.29, 1.82) is 5.26 Å². The maximum absolute atomic E-state index is 10.6. The summed E-state index contributed by atoms with van der Waals surface area (Å²) in [6, 6.07) is 69.3. The van der Waals surface area contributed by atoms with Gasteiger partial charge in [-0.05, 0) is 71.8 Å². The van der Waals surface area contributed by atoms with E-state index >= 15 is 0 Å². The second kappa shape index (κ2) is 13.6. The number of para-hydroxylation sites is 3. The van der Waals surface area contributed by atoms with Gasteiger partial charge in [-0.1, -0.05) is 133 Å². The van der Waals surface area contributed by atoms with Crippen LogP contribution in [0.4, 0.5) is 0 Å². The molecule has 3 aromatic heterocycles. The van der Waals surface area contributed by atoms with Gasteiger partial charge in [-0.25, -0.2) is 15.0 Å². The first-order chi connectivity index (χ1) is 28.7. The molecule has 0 amide bonds. The third kappa shape index (κ3) is 5.45. The lowest BCUT2D eigenvalue weighted by atomic mass is 10.0. The van der Waals surface area contributed by atoms with Crippen molar-refractivity contribution in [2.75, 3.05) is 0 Å². The summed E-state index contributed by atoms with van der Waals surface area (Å²) in [6.45, 7) is 0. The van der Waals surface area contributed by atoms with Gasteiger partial charge in [0.15, 0.2) is 17.5 Å². The molecule has 3 heterocycles. The molecule has 0 N–H and O–H groups in total. The third-order valence-electron chi connectivity index (χ3n) is 11.0. The summed E-state index contributed by atoms with van der Waals surface area (Å²) in [4.78, 5) is 14.6. The van der Waals surface area contributed by atoms with E-state index in [1.165, 1.54) is 21.8 Å². The van der Waals surface area contributed by atoms with Gasteiger partial charge in [-0.15, -0.1) is 0 Å². The fourth-order valence-electron chi connectivity index (χ4n) is 8.32. The Kier molecular flexibility index (Phi) is 7.76. The van der Waals surface area contributed by atoms with E-state index in [0.29, 0.717) is 28.6 Å². The van der Waals surface area contributed by atoms with Crippen LogP contribution >= 0.6 is 0 Å². The fourth-order valence-corrected chi connectivity index (χ4v) is 8.32. The zero-order valence-corrected chi connectivity index (χ0v) is 31.2. The Morgan fingerprint density at radius 3 is 1.36 bits per heavy atom. The van der Waals surface area contributed by atoms with Gasteiger partial charge in [0.05, 0.1) is 33.7 Å². The Hall–Kier alpha value is -8.14. The van der Waals surface area contributed by atoms with Crippen LogP contribution in [-0.4, -0.2) is 24.1 Å². The van der Waals surface area contributed by atoms with E-state index in [9.17, 15) is 5.26 Å². The van der Waals surface area contributed by atoms with Crippen molar-refractivity contribution in [2.45, 2.75) is 0 Å². The Morgan fingerprint density at radius 2 is 0.793 bits per heavy atom. The molecule has 0 atom stereocenters. The van der Waals surface area contributed by atoms with Gasteiger partial charge in [0.2, 0.25) is 0 Å². The summed E-state index contributed by atoms with van der Waals surface area (Å²) in [6.07, 6.45) is 0. The number of benzene rings is 8. The number of fused-ring (bicyclic) bond motifs is 6. The van der Waals surface area contributed by atoms with Crippen molar-refractivity contribution >= 4 is 43.6 Å². The van der Waals surface area contributed by atoms with Gasteiger partial charge in [0, 0.05) is 49.6 Å². The molecule has 0 aliphatic rings. The molecule has 58 heavy (non-hydrogen) atoms. The summed E-state index contributed by atoms with van der Waals surface area (Å²) in [5, 5.41) is 15.4. The Labute approximate surface area is 334 Å². The lowest BCUT2D eigenvalue weighted by Crippen LogP contribution is -2.02. The standard InChI is InChI=1S/C52H32N6/c53-33-38-31-40(28-29-41(38)52-55-50(35-13-3-1-4-14-35)54-51(56-52)36-15-5-2-6-16-36)58-48-22-12-9-19-44(48)45-32-37(25-30-49(45)58)34-23-26-39(27-24-34)57-46-20-10-7-17-42(46)43-18-8-11-21-47(43)57/h1-32H. The second-order valence-corrected chi connectivity index (χ2v) is 14.4. The monoisotopic (exact) mass is 740 g/mol. The predicted molar refractivity (Wildman–Crippen MR) is 235 cm³/mol. The molecule has 11 aromatic rings. The molecule has 0 spiro atoms. The molecule has 8 aromatic carbocycles. The summed E-state index contributed by atoms with van der Waals surface area (Å²) in [5.41, 5.74) is 11.7. The maximum atomic E-state index is 10.6. The van der Waals surface area contributed by atoms with Crippen molar-refractivity contribution in [1.82, 2.24) is 24.1 Å². The number of nitriles is 1. The van der Waals surface area contributed by atoms with Crippen molar-refractivity contribution in [3.63, 3.8) is 0 Å². The van der Waals surface area contributed by atoms with Crippen LogP contribution in [0.2, 0.25) is 0 Å². The normalized spacial score (nSPS) is 11.4. The van der Waals surface area contributed by atoms with Crippen molar-refractivity contribution in [3.05, 3.63) is 200 Å². The number of rotatable bonds is 6.